The fraction of sp³-hybridized carbons (Fsp3) is 0.450. The molecule has 0 bridgehead atoms. The van der Waals surface area contributed by atoms with E-state index < -0.39 is 0 Å². The summed E-state index contributed by atoms with van der Waals surface area (Å²) in [5.74, 6) is 0.881. The summed E-state index contributed by atoms with van der Waals surface area (Å²) in [6, 6.07) is 9.91. The van der Waals surface area contributed by atoms with Crippen LogP contribution in [0.1, 0.15) is 48.2 Å². The second-order valence-corrected chi connectivity index (χ2v) is 8.41. The zero-order valence-corrected chi connectivity index (χ0v) is 16.2. The highest BCUT2D eigenvalue weighted by Crippen LogP contribution is 2.40. The van der Waals surface area contributed by atoms with E-state index in [0.29, 0.717) is 17.7 Å². The van der Waals surface area contributed by atoms with Crippen molar-refractivity contribution in [3.8, 4) is 5.75 Å². The molecule has 1 aromatic heterocycles. The van der Waals surface area contributed by atoms with Gasteiger partial charge in [0.05, 0.1) is 22.1 Å². The van der Waals surface area contributed by atoms with E-state index in [2.05, 4.69) is 10.2 Å². The molecule has 2 heterocycles. The molecular weight excluding hydrogens is 368 g/mol. The molecule has 2 aliphatic rings. The Labute approximate surface area is 163 Å². The highest BCUT2D eigenvalue weighted by Gasteiger charge is 2.23. The van der Waals surface area contributed by atoms with E-state index in [-0.39, 0.29) is 5.91 Å². The summed E-state index contributed by atoms with van der Waals surface area (Å²) in [7, 11) is 0. The number of fused-ring (bicyclic) bond motifs is 1. The lowest BCUT2D eigenvalue weighted by Crippen LogP contribution is -2.33. The lowest BCUT2D eigenvalue weighted by atomic mass is 10.1. The highest BCUT2D eigenvalue weighted by atomic mass is 35.5. The summed E-state index contributed by atoms with van der Waals surface area (Å²) in [6.07, 6.45) is 7.19. The number of carbonyl (C=O) groups excluding carboxylic acids is 1. The van der Waals surface area contributed by atoms with E-state index in [1.165, 1.54) is 37.0 Å². The second-order valence-electron chi connectivity index (χ2n) is 6.91. The summed E-state index contributed by atoms with van der Waals surface area (Å²) in [6.45, 7) is 1.37. The molecule has 4 rings (SSSR count). The average molecular weight is 391 g/mol. The fourth-order valence-corrected chi connectivity index (χ4v) is 4.81. The van der Waals surface area contributed by atoms with Gasteiger partial charge in [-0.25, -0.2) is 0 Å². The Morgan fingerprint density at radius 2 is 1.96 bits per heavy atom. The van der Waals surface area contributed by atoms with Gasteiger partial charge < -0.3 is 15.0 Å². The van der Waals surface area contributed by atoms with Gasteiger partial charge in [0.15, 0.2) is 0 Å². The maximum atomic E-state index is 12.7. The van der Waals surface area contributed by atoms with Crippen LogP contribution in [0.25, 0.3) is 0 Å². The predicted molar refractivity (Wildman–Crippen MR) is 107 cm³/mol. The molecule has 4 nitrogen and oxygen atoms in total. The van der Waals surface area contributed by atoms with Crippen LogP contribution in [0.2, 0.25) is 5.02 Å². The van der Waals surface area contributed by atoms with Crippen molar-refractivity contribution in [3.63, 3.8) is 0 Å². The van der Waals surface area contributed by atoms with Crippen molar-refractivity contribution in [2.24, 2.45) is 0 Å². The van der Waals surface area contributed by atoms with Gasteiger partial charge in [0, 0.05) is 11.1 Å². The van der Waals surface area contributed by atoms with Crippen LogP contribution in [0.5, 0.6) is 5.75 Å². The third kappa shape index (κ3) is 3.84. The molecule has 1 amide bonds. The number of benzene rings is 1. The molecule has 1 aromatic carbocycles. The first-order valence-corrected chi connectivity index (χ1v) is 10.5. The van der Waals surface area contributed by atoms with Gasteiger partial charge in [-0.05, 0) is 43.2 Å². The van der Waals surface area contributed by atoms with Crippen molar-refractivity contribution < 1.29 is 9.53 Å². The minimum atomic E-state index is 0.0488. The third-order valence-corrected chi connectivity index (χ3v) is 6.40. The molecule has 1 saturated carbocycles. The average Bonchev–Trinajstić information content (AvgIpc) is 3.00. The number of carbonyl (C=O) groups is 1. The molecule has 2 aromatic rings. The van der Waals surface area contributed by atoms with E-state index in [1.807, 2.05) is 30.3 Å². The smallest absolute Gasteiger partial charge is 0.261 e. The number of anilines is 2. The fourth-order valence-electron chi connectivity index (χ4n) is 3.69. The summed E-state index contributed by atoms with van der Waals surface area (Å²) >= 11 is 7.69. The number of hydrogen-bond donors (Lipinski definition) is 1. The lowest BCUT2D eigenvalue weighted by Gasteiger charge is -2.30. The summed E-state index contributed by atoms with van der Waals surface area (Å²) in [4.78, 5) is 15.6. The van der Waals surface area contributed by atoms with E-state index >= 15 is 0 Å². The molecule has 1 fully saturated rings. The number of thiophene rings is 1. The van der Waals surface area contributed by atoms with E-state index in [4.69, 9.17) is 16.3 Å². The highest BCUT2D eigenvalue weighted by molar-refractivity contribution is 7.18. The zero-order chi connectivity index (χ0) is 17.9. The summed E-state index contributed by atoms with van der Waals surface area (Å²) in [5, 5.41) is 4.95. The Morgan fingerprint density at radius 1 is 1.15 bits per heavy atom. The molecule has 1 N–H and O–H groups in total. The van der Waals surface area contributed by atoms with Crippen LogP contribution in [0.15, 0.2) is 30.3 Å². The van der Waals surface area contributed by atoms with Crippen molar-refractivity contribution in [2.75, 3.05) is 18.1 Å². The number of halogens is 1. The molecule has 0 saturated heterocycles. The summed E-state index contributed by atoms with van der Waals surface area (Å²) < 4.78 is 5.72. The number of amides is 1. The minimum absolute atomic E-state index is 0.0488. The van der Waals surface area contributed by atoms with Gasteiger partial charge in [0.1, 0.15) is 12.4 Å². The number of hydrogen-bond acceptors (Lipinski definition) is 4. The quantitative estimate of drug-likeness (QED) is 0.715. The van der Waals surface area contributed by atoms with Crippen LogP contribution >= 0.6 is 22.9 Å². The molecule has 1 aliphatic heterocycles. The maximum absolute atomic E-state index is 12.7. The van der Waals surface area contributed by atoms with Gasteiger partial charge in [-0.15, -0.1) is 11.3 Å². The number of rotatable bonds is 3. The first kappa shape index (κ1) is 17.7. The Bertz CT molecular complexity index is 784. The minimum Gasteiger partial charge on any atom is -0.490 e. The molecule has 6 heteroatoms. The number of ether oxygens (including phenoxy) is 1. The van der Waals surface area contributed by atoms with Crippen LogP contribution in [0.4, 0.5) is 10.7 Å². The van der Waals surface area contributed by atoms with Crippen LogP contribution in [-0.4, -0.2) is 25.1 Å². The molecular formula is C20H23ClN2O2S. The van der Waals surface area contributed by atoms with Crippen LogP contribution < -0.4 is 15.0 Å². The molecule has 1 aliphatic carbocycles. The number of nitrogens with zero attached hydrogens (tertiary/aromatic N) is 1. The summed E-state index contributed by atoms with van der Waals surface area (Å²) in [5.41, 5.74) is 0.960. The van der Waals surface area contributed by atoms with Crippen molar-refractivity contribution in [1.82, 2.24) is 5.32 Å². The largest absolute Gasteiger partial charge is 0.490 e. The Morgan fingerprint density at radius 3 is 2.77 bits per heavy atom. The molecule has 0 unspecified atom stereocenters. The molecule has 0 radical (unpaired) electrons. The van der Waals surface area contributed by atoms with Gasteiger partial charge >= 0.3 is 0 Å². The zero-order valence-electron chi connectivity index (χ0n) is 14.7. The van der Waals surface area contributed by atoms with Gasteiger partial charge in [-0.1, -0.05) is 37.3 Å². The maximum Gasteiger partial charge on any atom is 0.261 e. The Hall–Kier alpha value is -1.72. The van der Waals surface area contributed by atoms with Gasteiger partial charge in [-0.2, -0.15) is 0 Å². The molecule has 26 heavy (non-hydrogen) atoms. The standard InChI is InChI=1S/C20H23ClN2O2S/c21-14-7-8-17-16(13-14)23(11-12-25-17)19-10-9-18(26-19)20(24)22-15-5-3-1-2-4-6-15/h7-10,13,15H,1-6,11-12H2,(H,22,24). The van der Waals surface area contributed by atoms with Gasteiger partial charge in [0.2, 0.25) is 0 Å². The van der Waals surface area contributed by atoms with Gasteiger partial charge in [0.25, 0.3) is 5.91 Å². The monoisotopic (exact) mass is 390 g/mol. The second kappa shape index (κ2) is 7.89. The first-order valence-electron chi connectivity index (χ1n) is 9.31. The number of nitrogens with one attached hydrogen (secondary N) is 1. The van der Waals surface area contributed by atoms with Crippen LogP contribution in [0.3, 0.4) is 0 Å². The lowest BCUT2D eigenvalue weighted by molar-refractivity contribution is 0.0937. The third-order valence-electron chi connectivity index (χ3n) is 5.06. The molecule has 138 valence electrons. The predicted octanol–water partition coefficient (Wildman–Crippen LogP) is 5.38. The van der Waals surface area contributed by atoms with Crippen LogP contribution in [-0.2, 0) is 0 Å². The Kier molecular flexibility index (Phi) is 5.36. The van der Waals surface area contributed by atoms with Gasteiger partial charge in [-0.3, -0.25) is 4.79 Å². The first-order chi connectivity index (χ1) is 12.7. The van der Waals surface area contributed by atoms with Crippen molar-refractivity contribution in [3.05, 3.63) is 40.2 Å². The van der Waals surface area contributed by atoms with E-state index in [1.54, 1.807) is 0 Å². The molecule has 0 atom stereocenters. The Balaban J connectivity index is 1.50. The SMILES string of the molecule is O=C(NC1CCCCCC1)c1ccc(N2CCOc3ccc(Cl)cc32)s1. The van der Waals surface area contributed by atoms with Crippen molar-refractivity contribution in [2.45, 2.75) is 44.6 Å². The van der Waals surface area contributed by atoms with E-state index in [9.17, 15) is 4.79 Å². The van der Waals surface area contributed by atoms with Crippen molar-refractivity contribution >= 4 is 39.5 Å². The topological polar surface area (TPSA) is 41.6 Å². The van der Waals surface area contributed by atoms with Crippen molar-refractivity contribution in [1.29, 1.82) is 0 Å². The van der Waals surface area contributed by atoms with E-state index in [0.717, 1.165) is 40.7 Å². The normalized spacial score (nSPS) is 18.0. The van der Waals surface area contributed by atoms with Crippen LogP contribution in [0, 0.1) is 0 Å². The molecule has 0 spiro atoms.